The Morgan fingerprint density at radius 2 is 2.14 bits per heavy atom. The molecule has 3 aromatic heterocycles. The first kappa shape index (κ1) is 13.5. The predicted molar refractivity (Wildman–Crippen MR) is 76.9 cm³/mol. The SMILES string of the molecule is Cc1nc(-c2cc(CC(C)C)on2)n(-c2ccnn2C)n1. The fraction of sp³-hybridized carbons (Fsp3) is 0.429. The summed E-state index contributed by atoms with van der Waals surface area (Å²) < 4.78 is 8.87. The molecule has 110 valence electrons. The van der Waals surface area contributed by atoms with Crippen LogP contribution in [0.15, 0.2) is 22.9 Å². The topological polar surface area (TPSA) is 74.6 Å². The second-order valence-electron chi connectivity index (χ2n) is 5.48. The van der Waals surface area contributed by atoms with Crippen molar-refractivity contribution in [1.82, 2.24) is 29.7 Å². The smallest absolute Gasteiger partial charge is 0.187 e. The standard InChI is InChI=1S/C14H18N6O/c1-9(2)7-11-8-12(18-21-11)14-16-10(3)17-20(14)13-5-6-15-19(13)4/h5-6,8-9H,7H2,1-4H3. The van der Waals surface area contributed by atoms with Crippen LogP contribution in [0.3, 0.4) is 0 Å². The summed E-state index contributed by atoms with van der Waals surface area (Å²) in [5.74, 6) is 3.55. The summed E-state index contributed by atoms with van der Waals surface area (Å²) in [5.41, 5.74) is 0.687. The molecule has 0 aromatic carbocycles. The molecule has 0 radical (unpaired) electrons. The van der Waals surface area contributed by atoms with E-state index in [1.165, 1.54) is 0 Å². The van der Waals surface area contributed by atoms with Gasteiger partial charge in [0.2, 0.25) is 0 Å². The molecular formula is C14H18N6O. The predicted octanol–water partition coefficient (Wildman–Crippen LogP) is 2.16. The highest BCUT2D eigenvalue weighted by atomic mass is 16.5. The van der Waals surface area contributed by atoms with Gasteiger partial charge in [-0.25, -0.2) is 4.98 Å². The van der Waals surface area contributed by atoms with Gasteiger partial charge in [0.25, 0.3) is 0 Å². The van der Waals surface area contributed by atoms with Crippen LogP contribution in [0.4, 0.5) is 0 Å². The molecule has 0 aliphatic carbocycles. The Labute approximate surface area is 122 Å². The van der Waals surface area contributed by atoms with Crippen molar-refractivity contribution >= 4 is 0 Å². The molecule has 0 saturated heterocycles. The average Bonchev–Trinajstić information content (AvgIpc) is 3.08. The largest absolute Gasteiger partial charge is 0.361 e. The minimum atomic E-state index is 0.516. The lowest BCUT2D eigenvalue weighted by atomic mass is 10.1. The maximum absolute atomic E-state index is 5.39. The fourth-order valence-electron chi connectivity index (χ4n) is 2.23. The van der Waals surface area contributed by atoms with Crippen molar-refractivity contribution in [3.05, 3.63) is 29.9 Å². The van der Waals surface area contributed by atoms with Crippen LogP contribution in [0.2, 0.25) is 0 Å². The van der Waals surface area contributed by atoms with Crippen LogP contribution in [0.25, 0.3) is 17.3 Å². The number of rotatable bonds is 4. The minimum absolute atomic E-state index is 0.516. The minimum Gasteiger partial charge on any atom is -0.361 e. The summed E-state index contributed by atoms with van der Waals surface area (Å²) in [5, 5.41) is 12.7. The number of aromatic nitrogens is 6. The average molecular weight is 286 g/mol. The molecule has 3 aromatic rings. The van der Waals surface area contributed by atoms with Crippen LogP contribution in [0.1, 0.15) is 25.4 Å². The van der Waals surface area contributed by atoms with Crippen molar-refractivity contribution in [1.29, 1.82) is 0 Å². The van der Waals surface area contributed by atoms with Crippen molar-refractivity contribution < 1.29 is 4.52 Å². The molecule has 7 heteroatoms. The van der Waals surface area contributed by atoms with Crippen molar-refractivity contribution in [3.63, 3.8) is 0 Å². The highest BCUT2D eigenvalue weighted by Crippen LogP contribution is 2.21. The Kier molecular flexibility index (Phi) is 3.32. The van der Waals surface area contributed by atoms with Crippen LogP contribution in [-0.4, -0.2) is 29.7 Å². The van der Waals surface area contributed by atoms with Crippen LogP contribution < -0.4 is 0 Å². The van der Waals surface area contributed by atoms with Crippen molar-refractivity contribution in [2.45, 2.75) is 27.2 Å². The summed E-state index contributed by atoms with van der Waals surface area (Å²) in [6.07, 6.45) is 2.58. The highest BCUT2D eigenvalue weighted by molar-refractivity contribution is 5.52. The van der Waals surface area contributed by atoms with Crippen LogP contribution >= 0.6 is 0 Å². The van der Waals surface area contributed by atoms with Gasteiger partial charge in [0.15, 0.2) is 17.3 Å². The second kappa shape index (κ2) is 5.16. The molecule has 0 saturated carbocycles. The lowest BCUT2D eigenvalue weighted by Crippen LogP contribution is -2.06. The first-order valence-corrected chi connectivity index (χ1v) is 6.92. The maximum atomic E-state index is 5.39. The van der Waals surface area contributed by atoms with Gasteiger partial charge in [-0.2, -0.15) is 9.78 Å². The lowest BCUT2D eigenvalue weighted by Gasteiger charge is -2.03. The van der Waals surface area contributed by atoms with Gasteiger partial charge >= 0.3 is 0 Å². The van der Waals surface area contributed by atoms with Gasteiger partial charge < -0.3 is 4.52 Å². The van der Waals surface area contributed by atoms with E-state index in [9.17, 15) is 0 Å². The number of hydrogen-bond acceptors (Lipinski definition) is 5. The van der Waals surface area contributed by atoms with E-state index in [0.717, 1.165) is 18.0 Å². The molecule has 0 aliphatic rings. The van der Waals surface area contributed by atoms with Crippen molar-refractivity contribution in [2.75, 3.05) is 0 Å². The molecular weight excluding hydrogens is 268 g/mol. The Bertz CT molecular complexity index is 751. The van der Waals surface area contributed by atoms with Crippen LogP contribution in [-0.2, 0) is 13.5 Å². The molecule has 0 atom stereocenters. The van der Waals surface area contributed by atoms with Crippen LogP contribution in [0, 0.1) is 12.8 Å². The number of aryl methyl sites for hydroxylation is 2. The first-order valence-electron chi connectivity index (χ1n) is 6.92. The highest BCUT2D eigenvalue weighted by Gasteiger charge is 2.18. The van der Waals surface area contributed by atoms with E-state index in [4.69, 9.17) is 4.52 Å². The van der Waals surface area contributed by atoms with E-state index in [0.29, 0.717) is 23.3 Å². The van der Waals surface area contributed by atoms with Crippen molar-refractivity contribution in [3.8, 4) is 17.3 Å². The van der Waals surface area contributed by atoms with E-state index in [1.807, 2.05) is 26.1 Å². The van der Waals surface area contributed by atoms with Gasteiger partial charge in [0.1, 0.15) is 11.6 Å². The quantitative estimate of drug-likeness (QED) is 0.734. The van der Waals surface area contributed by atoms with E-state index in [2.05, 4.69) is 34.2 Å². The zero-order valence-electron chi connectivity index (χ0n) is 12.6. The van der Waals surface area contributed by atoms with Crippen molar-refractivity contribution in [2.24, 2.45) is 13.0 Å². The third-order valence-corrected chi connectivity index (χ3v) is 3.12. The number of hydrogen-bond donors (Lipinski definition) is 0. The normalized spacial score (nSPS) is 11.5. The van der Waals surface area contributed by atoms with E-state index < -0.39 is 0 Å². The first-order chi connectivity index (χ1) is 10.0. The summed E-state index contributed by atoms with van der Waals surface area (Å²) >= 11 is 0. The molecule has 3 rings (SSSR count). The molecule has 0 N–H and O–H groups in total. The molecule has 7 nitrogen and oxygen atoms in total. The third kappa shape index (κ3) is 2.58. The monoisotopic (exact) mass is 286 g/mol. The molecule has 3 heterocycles. The van der Waals surface area contributed by atoms with E-state index in [-0.39, 0.29) is 0 Å². The molecule has 0 fully saturated rings. The van der Waals surface area contributed by atoms with Gasteiger partial charge in [-0.1, -0.05) is 19.0 Å². The van der Waals surface area contributed by atoms with E-state index >= 15 is 0 Å². The zero-order chi connectivity index (χ0) is 15.0. The molecule has 0 aliphatic heterocycles. The molecule has 0 amide bonds. The van der Waals surface area contributed by atoms with Gasteiger partial charge in [-0.05, 0) is 12.8 Å². The molecule has 0 unspecified atom stereocenters. The van der Waals surface area contributed by atoms with Crippen LogP contribution in [0.5, 0.6) is 0 Å². The summed E-state index contributed by atoms with van der Waals surface area (Å²) in [7, 11) is 1.86. The van der Waals surface area contributed by atoms with E-state index in [1.54, 1.807) is 15.6 Å². The van der Waals surface area contributed by atoms with Gasteiger partial charge in [-0.3, -0.25) is 4.68 Å². The Morgan fingerprint density at radius 3 is 2.81 bits per heavy atom. The Balaban J connectivity index is 2.03. The molecule has 0 bridgehead atoms. The van der Waals surface area contributed by atoms with Gasteiger partial charge in [0, 0.05) is 25.6 Å². The summed E-state index contributed by atoms with van der Waals surface area (Å²) in [6, 6.07) is 3.81. The zero-order valence-corrected chi connectivity index (χ0v) is 12.6. The Morgan fingerprint density at radius 1 is 1.33 bits per heavy atom. The fourth-order valence-corrected chi connectivity index (χ4v) is 2.23. The molecule has 21 heavy (non-hydrogen) atoms. The van der Waals surface area contributed by atoms with Gasteiger partial charge in [0.05, 0.1) is 6.20 Å². The summed E-state index contributed by atoms with van der Waals surface area (Å²) in [6.45, 7) is 6.14. The lowest BCUT2D eigenvalue weighted by molar-refractivity contribution is 0.370. The number of nitrogens with zero attached hydrogens (tertiary/aromatic N) is 6. The molecule has 0 spiro atoms. The second-order valence-corrected chi connectivity index (χ2v) is 5.48. The van der Waals surface area contributed by atoms with Gasteiger partial charge in [-0.15, -0.1) is 5.10 Å². The third-order valence-electron chi connectivity index (χ3n) is 3.12. The maximum Gasteiger partial charge on any atom is 0.187 e. The Hall–Kier alpha value is -2.44. The summed E-state index contributed by atoms with van der Waals surface area (Å²) in [4.78, 5) is 4.46.